The number of hydrogen-bond donors (Lipinski definition) is 1. The van der Waals surface area contributed by atoms with Crippen LogP contribution in [0.2, 0.25) is 0 Å². The van der Waals surface area contributed by atoms with Crippen molar-refractivity contribution in [2.75, 3.05) is 14.2 Å². The second kappa shape index (κ2) is 12.3. The van der Waals surface area contributed by atoms with Gasteiger partial charge in [-0.3, -0.25) is 0 Å². The van der Waals surface area contributed by atoms with E-state index in [-0.39, 0.29) is 28.8 Å². The Bertz CT molecular complexity index is 1230. The van der Waals surface area contributed by atoms with Crippen LogP contribution in [-0.4, -0.2) is 37.0 Å². The molecule has 5 rings (SSSR count). The van der Waals surface area contributed by atoms with E-state index in [0.717, 1.165) is 57.8 Å². The van der Waals surface area contributed by atoms with Gasteiger partial charge < -0.3 is 19.3 Å². The van der Waals surface area contributed by atoms with E-state index in [1.165, 1.54) is 5.57 Å². The van der Waals surface area contributed by atoms with Crippen LogP contribution in [0.25, 0.3) is 0 Å². The van der Waals surface area contributed by atoms with Crippen LogP contribution in [0.1, 0.15) is 110 Å². The van der Waals surface area contributed by atoms with Crippen molar-refractivity contribution in [2.24, 2.45) is 46.3 Å². The monoisotopic (exact) mass is 592 g/mol. The Morgan fingerprint density at radius 1 is 1.00 bits per heavy atom. The number of rotatable bonds is 9. The molecule has 0 aliphatic heterocycles. The SMILES string of the molecule is CC[C@H](/C=C/[C@@H](C)[C@H]1CC[C@@]2(OC(=O)c3ccc(OC)c(OC)c3)[C@@H]3CC=C4C[C@@H](O)CC[C@]4(C)[C@H]3CC[C@]12C)C(C)C. The maximum Gasteiger partial charge on any atom is 0.338 e. The van der Waals surface area contributed by atoms with Crippen molar-refractivity contribution in [2.45, 2.75) is 111 Å². The number of aliphatic hydroxyl groups is 1. The summed E-state index contributed by atoms with van der Waals surface area (Å²) in [6, 6.07) is 5.35. The van der Waals surface area contributed by atoms with Crippen LogP contribution in [0.3, 0.4) is 0 Å². The Morgan fingerprint density at radius 3 is 2.42 bits per heavy atom. The fourth-order valence-corrected chi connectivity index (χ4v) is 10.2. The molecule has 0 spiro atoms. The number of hydrogen-bond acceptors (Lipinski definition) is 5. The Morgan fingerprint density at radius 2 is 1.74 bits per heavy atom. The summed E-state index contributed by atoms with van der Waals surface area (Å²) in [6.07, 6.45) is 16.0. The molecule has 5 nitrogen and oxygen atoms in total. The molecule has 9 atom stereocenters. The van der Waals surface area contributed by atoms with Crippen LogP contribution in [-0.2, 0) is 4.74 Å². The van der Waals surface area contributed by atoms with Gasteiger partial charge in [0.1, 0.15) is 5.60 Å². The number of allylic oxidation sites excluding steroid dienone is 3. The minimum absolute atomic E-state index is 0.0570. The summed E-state index contributed by atoms with van der Waals surface area (Å²) >= 11 is 0. The number of aliphatic hydroxyl groups excluding tert-OH is 1. The van der Waals surface area contributed by atoms with E-state index in [1.54, 1.807) is 32.4 Å². The topological polar surface area (TPSA) is 65.0 Å². The van der Waals surface area contributed by atoms with Crippen LogP contribution in [0, 0.1) is 46.3 Å². The lowest BCUT2D eigenvalue weighted by atomic mass is 9.45. The van der Waals surface area contributed by atoms with E-state index >= 15 is 0 Å². The first-order chi connectivity index (χ1) is 20.4. The molecule has 5 heteroatoms. The van der Waals surface area contributed by atoms with E-state index in [0.29, 0.717) is 46.7 Å². The third-order valence-electron chi connectivity index (χ3n) is 12.8. The minimum Gasteiger partial charge on any atom is -0.493 e. The van der Waals surface area contributed by atoms with Gasteiger partial charge in [-0.05, 0) is 111 Å². The molecule has 0 saturated heterocycles. The number of esters is 1. The zero-order chi connectivity index (χ0) is 31.2. The van der Waals surface area contributed by atoms with Gasteiger partial charge in [-0.15, -0.1) is 0 Å². The van der Waals surface area contributed by atoms with Gasteiger partial charge in [0.2, 0.25) is 0 Å². The first-order valence-electron chi connectivity index (χ1n) is 16.9. The molecule has 0 unspecified atom stereocenters. The van der Waals surface area contributed by atoms with Gasteiger partial charge in [-0.1, -0.05) is 65.3 Å². The molecular formula is C38H56O5. The van der Waals surface area contributed by atoms with Crippen LogP contribution in [0.4, 0.5) is 0 Å². The lowest BCUT2D eigenvalue weighted by Gasteiger charge is -2.62. The highest BCUT2D eigenvalue weighted by atomic mass is 16.6. The van der Waals surface area contributed by atoms with Gasteiger partial charge in [-0.2, -0.15) is 0 Å². The first kappa shape index (κ1) is 32.1. The second-order valence-electron chi connectivity index (χ2n) is 15.0. The molecule has 1 aromatic rings. The Hall–Kier alpha value is -2.27. The van der Waals surface area contributed by atoms with E-state index in [9.17, 15) is 9.90 Å². The maximum atomic E-state index is 14.2. The number of benzene rings is 1. The van der Waals surface area contributed by atoms with E-state index < -0.39 is 5.60 Å². The normalized spacial score (nSPS) is 36.7. The summed E-state index contributed by atoms with van der Waals surface area (Å²) in [6.45, 7) is 14.2. The first-order valence-corrected chi connectivity index (χ1v) is 16.9. The standard InChI is InChI=1S/C38H56O5/c1-9-26(24(2)3)11-10-25(4)30-18-21-38(43-35(40)27-12-15-33(41-7)34(22-27)42-8)32-14-13-28-23-29(39)16-19-36(28,5)31(32)17-20-37(30,38)6/h10-13,15,22,24-26,29-32,39H,9,14,16-21,23H2,1-8H3/b11-10+/t25-,26-,29+,30-,31+,32-,36+,37-,38-/m1/s1. The lowest BCUT2D eigenvalue weighted by molar-refractivity contribution is -0.184. The Kier molecular flexibility index (Phi) is 9.16. The fraction of sp³-hybridized carbons (Fsp3) is 0.711. The fourth-order valence-electron chi connectivity index (χ4n) is 10.2. The molecule has 43 heavy (non-hydrogen) atoms. The van der Waals surface area contributed by atoms with Gasteiger partial charge in [-0.25, -0.2) is 4.79 Å². The number of carbonyl (C=O) groups excluding carboxylic acids is 1. The van der Waals surface area contributed by atoms with Crippen molar-refractivity contribution in [3.63, 3.8) is 0 Å². The average molecular weight is 593 g/mol. The quantitative estimate of drug-likeness (QED) is 0.229. The summed E-state index contributed by atoms with van der Waals surface area (Å²) < 4.78 is 18.0. The molecule has 0 aromatic heterocycles. The second-order valence-corrected chi connectivity index (χ2v) is 15.0. The maximum absolute atomic E-state index is 14.2. The van der Waals surface area contributed by atoms with Crippen LogP contribution in [0.5, 0.6) is 11.5 Å². The summed E-state index contributed by atoms with van der Waals surface area (Å²) in [7, 11) is 3.21. The largest absolute Gasteiger partial charge is 0.493 e. The molecule has 0 amide bonds. The molecule has 3 saturated carbocycles. The van der Waals surface area contributed by atoms with Gasteiger partial charge in [0, 0.05) is 11.3 Å². The minimum atomic E-state index is -0.545. The summed E-state index contributed by atoms with van der Waals surface area (Å²) in [5.41, 5.74) is 1.33. The smallest absolute Gasteiger partial charge is 0.338 e. The highest BCUT2D eigenvalue weighted by Gasteiger charge is 2.69. The highest BCUT2D eigenvalue weighted by Crippen LogP contribution is 2.70. The predicted octanol–water partition coefficient (Wildman–Crippen LogP) is 8.80. The molecule has 238 valence electrons. The third-order valence-corrected chi connectivity index (χ3v) is 12.8. The van der Waals surface area contributed by atoms with Crippen molar-refractivity contribution in [1.82, 2.24) is 0 Å². The molecule has 0 radical (unpaired) electrons. The van der Waals surface area contributed by atoms with E-state index in [1.807, 2.05) is 0 Å². The van der Waals surface area contributed by atoms with Crippen molar-refractivity contribution in [1.29, 1.82) is 0 Å². The third kappa shape index (κ3) is 5.36. The van der Waals surface area contributed by atoms with Crippen LogP contribution in [0.15, 0.2) is 42.0 Å². The summed E-state index contributed by atoms with van der Waals surface area (Å²) in [5.74, 6) is 3.65. The summed E-state index contributed by atoms with van der Waals surface area (Å²) in [4.78, 5) is 14.2. The molecule has 0 heterocycles. The van der Waals surface area contributed by atoms with E-state index in [2.05, 4.69) is 59.8 Å². The zero-order valence-corrected chi connectivity index (χ0v) is 27.9. The molecule has 0 bridgehead atoms. The zero-order valence-electron chi connectivity index (χ0n) is 27.9. The molecule has 1 N–H and O–H groups in total. The molecule has 4 aliphatic carbocycles. The van der Waals surface area contributed by atoms with Crippen molar-refractivity contribution in [3.8, 4) is 11.5 Å². The number of carbonyl (C=O) groups is 1. The number of fused-ring (bicyclic) bond motifs is 5. The molecule has 1 aromatic carbocycles. The van der Waals surface area contributed by atoms with E-state index in [4.69, 9.17) is 14.2 Å². The molecule has 4 aliphatic rings. The van der Waals surface area contributed by atoms with Gasteiger partial charge in [0.25, 0.3) is 0 Å². The predicted molar refractivity (Wildman–Crippen MR) is 172 cm³/mol. The highest BCUT2D eigenvalue weighted by molar-refractivity contribution is 5.90. The van der Waals surface area contributed by atoms with Gasteiger partial charge in [0.05, 0.1) is 25.9 Å². The number of ether oxygens (including phenoxy) is 3. The Labute approximate surface area is 260 Å². The Balaban J connectivity index is 1.54. The van der Waals surface area contributed by atoms with Crippen LogP contribution < -0.4 is 9.47 Å². The van der Waals surface area contributed by atoms with Crippen LogP contribution >= 0.6 is 0 Å². The van der Waals surface area contributed by atoms with Gasteiger partial charge >= 0.3 is 5.97 Å². The molecular weight excluding hydrogens is 536 g/mol. The average Bonchev–Trinajstić information content (AvgIpc) is 3.29. The van der Waals surface area contributed by atoms with Gasteiger partial charge in [0.15, 0.2) is 11.5 Å². The van der Waals surface area contributed by atoms with Crippen molar-refractivity contribution in [3.05, 3.63) is 47.6 Å². The number of methoxy groups -OCH3 is 2. The van der Waals surface area contributed by atoms with Crippen molar-refractivity contribution < 1.29 is 24.1 Å². The lowest BCUT2D eigenvalue weighted by Crippen LogP contribution is -2.62. The van der Waals surface area contributed by atoms with Crippen molar-refractivity contribution >= 4 is 5.97 Å². The summed E-state index contributed by atoms with van der Waals surface area (Å²) in [5, 5.41) is 10.5. The molecule has 3 fully saturated rings.